The van der Waals surface area contributed by atoms with E-state index in [1.807, 2.05) is 12.1 Å². The molecule has 2 unspecified atom stereocenters. The second-order valence-corrected chi connectivity index (χ2v) is 13.1. The number of aliphatic carboxylic acids is 1. The molecule has 15 heteroatoms. The lowest BCUT2D eigenvalue weighted by Crippen LogP contribution is -2.49. The zero-order valence-corrected chi connectivity index (χ0v) is 28.5. The number of hydrogen-bond acceptors (Lipinski definition) is 8. The van der Waals surface area contributed by atoms with Crippen LogP contribution in [0.2, 0.25) is 5.02 Å². The molecule has 0 fully saturated rings. The zero-order chi connectivity index (χ0) is 37.1. The fraction of sp³-hybridized carbons (Fsp3) is 0.297. The monoisotopic (exact) mass is 731 g/mol. The van der Waals surface area contributed by atoms with Crippen LogP contribution in [0, 0.1) is 5.82 Å². The van der Waals surface area contributed by atoms with Gasteiger partial charge in [-0.05, 0) is 77.9 Å². The lowest BCUT2D eigenvalue weighted by atomic mass is 9.84. The molecule has 3 atom stereocenters. The molecule has 0 saturated carbocycles. The maximum atomic E-state index is 14.8. The van der Waals surface area contributed by atoms with Crippen molar-refractivity contribution < 1.29 is 43.4 Å². The third kappa shape index (κ3) is 7.53. The van der Waals surface area contributed by atoms with Gasteiger partial charge in [0.05, 0.1) is 16.3 Å². The summed E-state index contributed by atoms with van der Waals surface area (Å²) in [6, 6.07) is 13.4. The van der Waals surface area contributed by atoms with E-state index in [4.69, 9.17) is 27.3 Å². The van der Waals surface area contributed by atoms with Crippen LogP contribution in [0.1, 0.15) is 64.3 Å². The van der Waals surface area contributed by atoms with E-state index in [9.17, 15) is 33.5 Å². The van der Waals surface area contributed by atoms with Crippen LogP contribution in [0.5, 0.6) is 0 Å². The molecule has 52 heavy (non-hydrogen) atoms. The van der Waals surface area contributed by atoms with Gasteiger partial charge in [0.2, 0.25) is 12.0 Å². The molecule has 3 aromatic carbocycles. The molecular formula is C37H35ClFN5O8. The average molecular weight is 732 g/mol. The maximum Gasteiger partial charge on any atom is 0.335 e. The van der Waals surface area contributed by atoms with Crippen molar-refractivity contribution in [3.63, 3.8) is 0 Å². The van der Waals surface area contributed by atoms with Crippen LogP contribution in [-0.4, -0.2) is 87.2 Å². The third-order valence-corrected chi connectivity index (χ3v) is 9.74. The van der Waals surface area contributed by atoms with Crippen LogP contribution in [0.4, 0.5) is 10.1 Å². The van der Waals surface area contributed by atoms with Crippen molar-refractivity contribution in [2.75, 3.05) is 25.0 Å². The van der Waals surface area contributed by atoms with E-state index < -0.39 is 47.8 Å². The van der Waals surface area contributed by atoms with Crippen molar-refractivity contribution in [3.05, 3.63) is 105 Å². The molecule has 3 amide bonds. The van der Waals surface area contributed by atoms with Gasteiger partial charge in [-0.1, -0.05) is 47.1 Å². The number of carboxylic acids is 2. The molecule has 3 aliphatic rings. The summed E-state index contributed by atoms with van der Waals surface area (Å²) in [5.41, 5.74) is 9.54. The molecule has 3 aliphatic heterocycles. The number of amides is 3. The summed E-state index contributed by atoms with van der Waals surface area (Å²) in [5, 5.41) is 25.0. The lowest BCUT2D eigenvalue weighted by Gasteiger charge is -2.38. The molecule has 0 spiro atoms. The Morgan fingerprint density at radius 2 is 1.73 bits per heavy atom. The molecule has 3 heterocycles. The Hall–Kier alpha value is -5.60. The number of nitrogens with zero attached hydrogens (tertiary/aromatic N) is 3. The van der Waals surface area contributed by atoms with Gasteiger partial charge in [0, 0.05) is 43.7 Å². The Labute approximate surface area is 302 Å². The highest BCUT2D eigenvalue weighted by molar-refractivity contribution is 6.31. The van der Waals surface area contributed by atoms with Gasteiger partial charge < -0.3 is 35.9 Å². The smallest absolute Gasteiger partial charge is 0.335 e. The van der Waals surface area contributed by atoms with E-state index >= 15 is 0 Å². The van der Waals surface area contributed by atoms with Crippen molar-refractivity contribution in [2.45, 2.75) is 50.3 Å². The third-order valence-electron chi connectivity index (χ3n) is 9.45. The number of aromatic carboxylic acids is 1. The molecule has 3 aromatic rings. The van der Waals surface area contributed by atoms with Gasteiger partial charge in [-0.15, -0.1) is 0 Å². The summed E-state index contributed by atoms with van der Waals surface area (Å²) in [6.45, 7) is 0.864. The van der Waals surface area contributed by atoms with Crippen LogP contribution < -0.4 is 11.1 Å². The van der Waals surface area contributed by atoms with Crippen LogP contribution >= 0.6 is 11.6 Å². The molecule has 0 aromatic heterocycles. The fourth-order valence-electron chi connectivity index (χ4n) is 6.68. The second-order valence-electron chi connectivity index (χ2n) is 12.7. The van der Waals surface area contributed by atoms with Crippen molar-refractivity contribution in [1.29, 1.82) is 0 Å². The standard InChI is InChI=1S/C37H35ClFN5O8/c38-27-6-2-5-26(32(27)39)29-19-30(52-42-29)35(47)44-18-15-24-23(20-13-16-43(17-14-20)31(45)12-11-28(40)37(50)51)3-1-4-25(24)33(44)34(46)41-22-9-7-21(8-10-22)36(48)49/h1-10,13,28,30,33H,11-12,14-19,40H2,(H,41,46)(H,48,49)(H,50,51)/t28-,30?,33?/m0/s1. The number of oxime groups is 1. The highest BCUT2D eigenvalue weighted by Crippen LogP contribution is 2.38. The Morgan fingerprint density at radius 1 is 1.00 bits per heavy atom. The molecule has 5 N–H and O–H groups in total. The number of halogens is 2. The van der Waals surface area contributed by atoms with E-state index in [1.54, 1.807) is 23.1 Å². The van der Waals surface area contributed by atoms with Crippen LogP contribution in [0.3, 0.4) is 0 Å². The molecule has 6 rings (SSSR count). The predicted octanol–water partition coefficient (Wildman–Crippen LogP) is 4.24. The van der Waals surface area contributed by atoms with E-state index in [-0.39, 0.29) is 53.6 Å². The first kappa shape index (κ1) is 36.2. The number of benzene rings is 3. The van der Waals surface area contributed by atoms with Gasteiger partial charge in [-0.2, -0.15) is 0 Å². The normalized spacial score (nSPS) is 18.8. The maximum absolute atomic E-state index is 14.8. The van der Waals surface area contributed by atoms with Gasteiger partial charge in [-0.25, -0.2) is 9.18 Å². The average Bonchev–Trinajstić information content (AvgIpc) is 3.64. The largest absolute Gasteiger partial charge is 0.480 e. The minimum atomic E-state index is -1.16. The summed E-state index contributed by atoms with van der Waals surface area (Å²) < 4.78 is 14.8. The van der Waals surface area contributed by atoms with Gasteiger partial charge >= 0.3 is 11.9 Å². The summed E-state index contributed by atoms with van der Waals surface area (Å²) >= 11 is 5.96. The minimum absolute atomic E-state index is 0.0162. The Morgan fingerprint density at radius 3 is 2.42 bits per heavy atom. The van der Waals surface area contributed by atoms with Crippen molar-refractivity contribution in [3.8, 4) is 0 Å². The number of nitrogens with one attached hydrogen (secondary N) is 1. The molecule has 13 nitrogen and oxygen atoms in total. The van der Waals surface area contributed by atoms with Gasteiger partial charge in [0.25, 0.3) is 11.8 Å². The van der Waals surface area contributed by atoms with Crippen LogP contribution in [-0.2, 0) is 30.4 Å². The first-order chi connectivity index (χ1) is 24.9. The summed E-state index contributed by atoms with van der Waals surface area (Å²) in [4.78, 5) is 72.0. The molecular weight excluding hydrogens is 697 g/mol. The van der Waals surface area contributed by atoms with Crippen molar-refractivity contribution in [2.24, 2.45) is 10.9 Å². The summed E-state index contributed by atoms with van der Waals surface area (Å²) in [5.74, 6) is -4.21. The number of carbonyl (C=O) groups excluding carboxylic acids is 3. The molecule has 0 radical (unpaired) electrons. The topological polar surface area (TPSA) is 192 Å². The molecule has 270 valence electrons. The second kappa shape index (κ2) is 15.3. The summed E-state index contributed by atoms with van der Waals surface area (Å²) in [6.07, 6.45) is 1.72. The molecule has 0 saturated heterocycles. The number of nitrogens with two attached hydrogens (primary N) is 1. The number of anilines is 1. The first-order valence-corrected chi connectivity index (χ1v) is 17.0. The van der Waals surface area contributed by atoms with Crippen LogP contribution in [0.25, 0.3) is 5.57 Å². The number of rotatable bonds is 10. The van der Waals surface area contributed by atoms with Crippen LogP contribution in [0.15, 0.2) is 71.9 Å². The molecule has 0 bridgehead atoms. The first-order valence-electron chi connectivity index (χ1n) is 16.6. The predicted molar refractivity (Wildman–Crippen MR) is 188 cm³/mol. The highest BCUT2D eigenvalue weighted by Gasteiger charge is 2.42. The summed E-state index contributed by atoms with van der Waals surface area (Å²) in [7, 11) is 0. The minimum Gasteiger partial charge on any atom is -0.480 e. The Balaban J connectivity index is 1.26. The van der Waals surface area contributed by atoms with Crippen molar-refractivity contribution >= 4 is 58.2 Å². The number of carboxylic acid groups (broad SMARTS) is 2. The van der Waals surface area contributed by atoms with Crippen molar-refractivity contribution in [1.82, 2.24) is 9.80 Å². The van der Waals surface area contributed by atoms with Gasteiger partial charge in [0.1, 0.15) is 12.1 Å². The van der Waals surface area contributed by atoms with E-state index in [1.165, 1.54) is 41.3 Å². The quantitative estimate of drug-likeness (QED) is 0.236. The van der Waals surface area contributed by atoms with E-state index in [0.29, 0.717) is 37.2 Å². The van der Waals surface area contributed by atoms with E-state index in [0.717, 1.165) is 16.7 Å². The van der Waals surface area contributed by atoms with Gasteiger partial charge in [0.15, 0.2) is 5.82 Å². The number of fused-ring (bicyclic) bond motifs is 1. The number of carbonyl (C=O) groups is 5. The lowest BCUT2D eigenvalue weighted by molar-refractivity contribution is -0.148. The Bertz CT molecular complexity index is 2000. The zero-order valence-electron chi connectivity index (χ0n) is 27.8. The van der Waals surface area contributed by atoms with E-state index in [2.05, 4.69) is 10.5 Å². The highest BCUT2D eigenvalue weighted by atomic mass is 35.5. The SMILES string of the molecule is N[C@@H](CCC(=O)N1CC=C(c2cccc3c2CCN(C(=O)C2CC(c4cccc(Cl)c4F)=NO2)C3C(=O)Nc2ccc(C(=O)O)cc2)CC1)C(=O)O. The Kier molecular flexibility index (Phi) is 10.7. The fourth-order valence-corrected chi connectivity index (χ4v) is 6.85. The molecule has 0 aliphatic carbocycles. The number of hydrogen-bond donors (Lipinski definition) is 4. The van der Waals surface area contributed by atoms with Gasteiger partial charge in [-0.3, -0.25) is 19.2 Å².